The highest BCUT2D eigenvalue weighted by molar-refractivity contribution is 6.20. The molecule has 0 rings (SSSR count). The van der Waals surface area contributed by atoms with Crippen LogP contribution in [0, 0.1) is 11.3 Å². The Hall–Kier alpha value is -0.220. The van der Waals surface area contributed by atoms with Gasteiger partial charge >= 0.3 is 0 Å². The maximum absolute atomic E-state index is 7.32. The van der Waals surface area contributed by atoms with Gasteiger partial charge in [-0.3, -0.25) is 0 Å². The number of rotatable bonds is 0. The molecule has 0 amide bonds. The summed E-state index contributed by atoms with van der Waals surface area (Å²) >= 11 is 5.27. The summed E-state index contributed by atoms with van der Waals surface area (Å²) in [4.78, 5) is 0. The molecular formula is C5H10ClN. The lowest BCUT2D eigenvalue weighted by Gasteiger charge is -1.76. The summed E-state index contributed by atoms with van der Waals surface area (Å²) < 4.78 is 0. The fourth-order valence-electron chi connectivity index (χ4n) is 0. The van der Waals surface area contributed by atoms with Gasteiger partial charge in [-0.15, -0.1) is 11.6 Å². The van der Waals surface area contributed by atoms with Gasteiger partial charge in [-0.05, 0) is 13.8 Å². The van der Waals surface area contributed by atoms with Crippen LogP contribution in [0.5, 0.6) is 0 Å². The summed E-state index contributed by atoms with van der Waals surface area (Å²) in [5, 5.41) is 7.62. The zero-order valence-electron chi connectivity index (χ0n) is 4.90. The Bertz CT molecular complexity index is 50.8. The summed E-state index contributed by atoms with van der Waals surface area (Å²) in [6.45, 7) is 5.29. The van der Waals surface area contributed by atoms with Crippen LogP contribution in [-0.4, -0.2) is 5.38 Å². The molecule has 0 heterocycles. The first-order valence-corrected chi connectivity index (χ1v) is 2.53. The number of halogens is 1. The lowest BCUT2D eigenvalue weighted by Crippen LogP contribution is -1.70. The fourth-order valence-corrected chi connectivity index (χ4v) is 0. The van der Waals surface area contributed by atoms with Crippen molar-refractivity contribution in [3.8, 4) is 6.07 Å². The predicted molar refractivity (Wildman–Crippen MR) is 32.3 cm³/mol. The fraction of sp³-hybridized carbons (Fsp3) is 0.800. The van der Waals surface area contributed by atoms with Gasteiger partial charge in [-0.25, -0.2) is 0 Å². The van der Waals surface area contributed by atoms with E-state index in [0.29, 0.717) is 5.38 Å². The van der Waals surface area contributed by atoms with Crippen LogP contribution >= 0.6 is 11.6 Å². The molecule has 0 aromatic heterocycles. The molecule has 0 aliphatic carbocycles. The molecule has 1 nitrogen and oxygen atoms in total. The van der Waals surface area contributed by atoms with Crippen LogP contribution in [0.4, 0.5) is 0 Å². The van der Waals surface area contributed by atoms with Gasteiger partial charge in [0.15, 0.2) is 0 Å². The van der Waals surface area contributed by atoms with Crippen LogP contribution in [0.15, 0.2) is 0 Å². The quantitative estimate of drug-likeness (QED) is 0.449. The Labute approximate surface area is 49.9 Å². The first-order chi connectivity index (χ1) is 3.15. The molecule has 0 bridgehead atoms. The van der Waals surface area contributed by atoms with Gasteiger partial charge in [0.25, 0.3) is 0 Å². The second-order valence-electron chi connectivity index (χ2n) is 1.24. The average molecular weight is 120 g/mol. The van der Waals surface area contributed by atoms with E-state index in [9.17, 15) is 0 Å². The molecular weight excluding hydrogens is 110 g/mol. The third-order valence-corrected chi connectivity index (χ3v) is 0. The normalized spacial score (nSPS) is 6.29. The Morgan fingerprint density at radius 3 is 1.57 bits per heavy atom. The van der Waals surface area contributed by atoms with Gasteiger partial charge < -0.3 is 0 Å². The number of hydrogen-bond donors (Lipinski definition) is 0. The minimum atomic E-state index is 0.306. The maximum atomic E-state index is 7.32. The zero-order valence-corrected chi connectivity index (χ0v) is 5.66. The van der Waals surface area contributed by atoms with Crippen LogP contribution in [-0.2, 0) is 0 Å². The molecule has 0 aliphatic rings. The van der Waals surface area contributed by atoms with Crippen LogP contribution in [0.2, 0.25) is 0 Å². The van der Waals surface area contributed by atoms with Gasteiger partial charge in [0.1, 0.15) is 0 Å². The first kappa shape index (κ1) is 9.91. The van der Waals surface area contributed by atoms with E-state index in [4.69, 9.17) is 16.9 Å². The van der Waals surface area contributed by atoms with Crippen LogP contribution in [0.1, 0.15) is 20.8 Å². The van der Waals surface area contributed by atoms with E-state index in [1.807, 2.05) is 13.8 Å². The third-order valence-electron chi connectivity index (χ3n) is 0. The molecule has 0 radical (unpaired) electrons. The first-order valence-electron chi connectivity index (χ1n) is 2.10. The molecule has 0 N–H and O–H groups in total. The lowest BCUT2D eigenvalue weighted by molar-refractivity contribution is 1.10. The molecule has 0 aromatic carbocycles. The second kappa shape index (κ2) is 9.24. The van der Waals surface area contributed by atoms with Crippen molar-refractivity contribution in [2.24, 2.45) is 0 Å². The minimum absolute atomic E-state index is 0.306. The molecule has 2 heteroatoms. The highest BCUT2D eigenvalue weighted by atomic mass is 35.5. The van der Waals surface area contributed by atoms with Crippen molar-refractivity contribution in [1.82, 2.24) is 0 Å². The molecule has 0 aromatic rings. The van der Waals surface area contributed by atoms with E-state index in [1.165, 1.54) is 6.92 Å². The van der Waals surface area contributed by atoms with E-state index >= 15 is 0 Å². The smallest absolute Gasteiger partial charge is 0.0587 e. The monoisotopic (exact) mass is 119 g/mol. The molecule has 0 aliphatic heterocycles. The second-order valence-corrected chi connectivity index (χ2v) is 2.11. The van der Waals surface area contributed by atoms with Crippen molar-refractivity contribution >= 4 is 11.6 Å². The van der Waals surface area contributed by atoms with E-state index in [2.05, 4.69) is 0 Å². The standard InChI is InChI=1S/C3H7Cl.C2H3N/c1-3(2)4;1-2-3/h3H,1-2H3;1H3. The Balaban J connectivity index is 0. The molecule has 0 unspecified atom stereocenters. The van der Waals surface area contributed by atoms with E-state index in [1.54, 1.807) is 6.07 Å². The van der Waals surface area contributed by atoms with Crippen LogP contribution in [0.25, 0.3) is 0 Å². The summed E-state index contributed by atoms with van der Waals surface area (Å²) in [6, 6.07) is 1.75. The molecule has 42 valence electrons. The zero-order chi connectivity index (χ0) is 6.28. The lowest BCUT2D eigenvalue weighted by atomic mass is 10.6. The molecule has 0 saturated heterocycles. The molecule has 0 fully saturated rings. The Kier molecular flexibility index (Phi) is 13.1. The predicted octanol–water partition coefficient (Wildman–Crippen LogP) is 2.16. The average Bonchev–Trinajstić information content (AvgIpc) is 1.33. The van der Waals surface area contributed by atoms with E-state index in [0.717, 1.165) is 0 Å². The highest BCUT2D eigenvalue weighted by Crippen LogP contribution is 1.84. The van der Waals surface area contributed by atoms with Gasteiger partial charge in [-0.2, -0.15) is 5.26 Å². The molecule has 7 heavy (non-hydrogen) atoms. The largest absolute Gasteiger partial charge is 0.199 e. The number of nitriles is 1. The van der Waals surface area contributed by atoms with Crippen LogP contribution in [0.3, 0.4) is 0 Å². The van der Waals surface area contributed by atoms with Crippen molar-refractivity contribution in [3.63, 3.8) is 0 Å². The van der Waals surface area contributed by atoms with E-state index in [-0.39, 0.29) is 0 Å². The molecule has 0 saturated carbocycles. The van der Waals surface area contributed by atoms with Crippen LogP contribution < -0.4 is 0 Å². The third kappa shape index (κ3) is 1710. The summed E-state index contributed by atoms with van der Waals surface area (Å²) in [6.07, 6.45) is 0. The van der Waals surface area contributed by atoms with Gasteiger partial charge in [0, 0.05) is 12.3 Å². The van der Waals surface area contributed by atoms with Crippen molar-refractivity contribution in [2.45, 2.75) is 26.1 Å². The van der Waals surface area contributed by atoms with Crippen molar-refractivity contribution < 1.29 is 0 Å². The minimum Gasteiger partial charge on any atom is -0.199 e. The highest BCUT2D eigenvalue weighted by Gasteiger charge is 1.71. The molecule has 0 spiro atoms. The Morgan fingerprint density at radius 1 is 1.57 bits per heavy atom. The topological polar surface area (TPSA) is 23.8 Å². The number of nitrogens with zero attached hydrogens (tertiary/aromatic N) is 1. The summed E-state index contributed by atoms with van der Waals surface area (Å²) in [7, 11) is 0. The molecule has 0 atom stereocenters. The maximum Gasteiger partial charge on any atom is 0.0587 e. The Morgan fingerprint density at radius 2 is 1.57 bits per heavy atom. The van der Waals surface area contributed by atoms with Crippen molar-refractivity contribution in [2.75, 3.05) is 0 Å². The van der Waals surface area contributed by atoms with Crippen molar-refractivity contribution in [1.29, 1.82) is 5.26 Å². The van der Waals surface area contributed by atoms with Gasteiger partial charge in [-0.1, -0.05) is 0 Å². The summed E-state index contributed by atoms with van der Waals surface area (Å²) in [5.74, 6) is 0. The van der Waals surface area contributed by atoms with Crippen molar-refractivity contribution in [3.05, 3.63) is 0 Å². The van der Waals surface area contributed by atoms with E-state index < -0.39 is 0 Å². The number of hydrogen-bond acceptors (Lipinski definition) is 1. The van der Waals surface area contributed by atoms with Gasteiger partial charge in [0.2, 0.25) is 0 Å². The SMILES string of the molecule is CC#N.CC(C)Cl. The summed E-state index contributed by atoms with van der Waals surface area (Å²) in [5.41, 5.74) is 0. The number of alkyl halides is 1. The van der Waals surface area contributed by atoms with Gasteiger partial charge in [0.05, 0.1) is 6.07 Å².